The summed E-state index contributed by atoms with van der Waals surface area (Å²) in [5.74, 6) is -6.28. The van der Waals surface area contributed by atoms with Crippen LogP contribution in [0.5, 0.6) is 0 Å². The van der Waals surface area contributed by atoms with Crippen molar-refractivity contribution < 1.29 is 30.8 Å². The highest BCUT2D eigenvalue weighted by Gasteiger charge is 2.50. The molecule has 1 aromatic heterocycles. The van der Waals surface area contributed by atoms with Crippen LogP contribution in [0.3, 0.4) is 0 Å². The van der Waals surface area contributed by atoms with E-state index in [0.29, 0.717) is 16.4 Å². The van der Waals surface area contributed by atoms with Crippen molar-refractivity contribution in [1.82, 2.24) is 24.6 Å². The molecule has 0 spiro atoms. The fourth-order valence-corrected chi connectivity index (χ4v) is 4.64. The summed E-state index contributed by atoms with van der Waals surface area (Å²) >= 11 is 0. The van der Waals surface area contributed by atoms with E-state index in [1.54, 1.807) is 0 Å². The largest absolute Gasteiger partial charge is 0.354 e. The Morgan fingerprint density at radius 3 is 2.71 bits per heavy atom. The number of benzene rings is 1. The van der Waals surface area contributed by atoms with Gasteiger partial charge in [0.25, 0.3) is 11.8 Å². The summed E-state index contributed by atoms with van der Waals surface area (Å²) in [7, 11) is -3.30. The van der Waals surface area contributed by atoms with E-state index in [0.717, 1.165) is 10.7 Å². The van der Waals surface area contributed by atoms with Gasteiger partial charge in [-0.1, -0.05) is 5.21 Å². The van der Waals surface area contributed by atoms with Crippen LogP contribution in [0.15, 0.2) is 29.3 Å². The third kappa shape index (κ3) is 3.85. The summed E-state index contributed by atoms with van der Waals surface area (Å²) in [5, 5.41) is 9.52. The first-order valence-electron chi connectivity index (χ1n) is 8.00. The maximum atomic E-state index is 14.0. The van der Waals surface area contributed by atoms with Gasteiger partial charge < -0.3 is 5.32 Å². The third-order valence-electron chi connectivity index (χ3n) is 4.21. The molecular weight excluding hydrogens is 406 g/mol. The molecule has 13 heteroatoms. The minimum Gasteiger partial charge on any atom is -0.354 e. The van der Waals surface area contributed by atoms with Gasteiger partial charge in [-0.3, -0.25) is 9.48 Å². The number of alkyl halides is 2. The maximum Gasteiger partial charge on any atom is 0.273 e. The van der Waals surface area contributed by atoms with Crippen LogP contribution in [-0.2, 0) is 16.6 Å². The zero-order valence-corrected chi connectivity index (χ0v) is 15.3. The Hall–Kier alpha value is -2.54. The number of carbonyl (C=O) groups excluding carboxylic acids is 1. The molecule has 1 fully saturated rings. The van der Waals surface area contributed by atoms with Gasteiger partial charge in [0.05, 0.1) is 25.3 Å². The zero-order chi connectivity index (χ0) is 20.7. The Kier molecular flexibility index (Phi) is 5.14. The van der Waals surface area contributed by atoms with E-state index in [2.05, 4.69) is 15.6 Å². The van der Waals surface area contributed by atoms with Gasteiger partial charge in [0.2, 0.25) is 10.0 Å². The lowest BCUT2D eigenvalue weighted by Gasteiger charge is -2.23. The molecule has 1 amide bonds. The van der Waals surface area contributed by atoms with Crippen molar-refractivity contribution in [3.63, 3.8) is 0 Å². The van der Waals surface area contributed by atoms with Crippen LogP contribution >= 0.6 is 0 Å². The molecule has 0 radical (unpaired) electrons. The van der Waals surface area contributed by atoms with E-state index in [1.165, 1.54) is 13.2 Å². The van der Waals surface area contributed by atoms with Crippen LogP contribution in [0.4, 0.5) is 17.6 Å². The van der Waals surface area contributed by atoms with Gasteiger partial charge in [-0.05, 0) is 12.1 Å². The fourth-order valence-electron chi connectivity index (χ4n) is 2.95. The van der Waals surface area contributed by atoms with Crippen LogP contribution in [0, 0.1) is 11.6 Å². The van der Waals surface area contributed by atoms with Gasteiger partial charge in [-0.25, -0.2) is 26.0 Å². The minimum atomic E-state index is -4.67. The van der Waals surface area contributed by atoms with E-state index in [4.69, 9.17) is 0 Å². The number of hydrogen-bond acceptors (Lipinski definition) is 5. The smallest absolute Gasteiger partial charge is 0.273 e. The molecule has 1 atom stereocenters. The summed E-state index contributed by atoms with van der Waals surface area (Å²) in [4.78, 5) is 10.6. The Morgan fingerprint density at radius 1 is 1.36 bits per heavy atom. The number of aromatic nitrogens is 3. The van der Waals surface area contributed by atoms with Crippen molar-refractivity contribution in [2.75, 3.05) is 13.6 Å². The number of nitrogens with zero attached hydrogens (tertiary/aromatic N) is 4. The van der Waals surface area contributed by atoms with Gasteiger partial charge >= 0.3 is 0 Å². The summed E-state index contributed by atoms with van der Waals surface area (Å²) < 4.78 is 82.0. The van der Waals surface area contributed by atoms with E-state index in [9.17, 15) is 30.8 Å². The minimum absolute atomic E-state index is 0.0776. The molecule has 28 heavy (non-hydrogen) atoms. The molecule has 0 unspecified atom stereocenters. The normalized spacial score (nSPS) is 19.7. The summed E-state index contributed by atoms with van der Waals surface area (Å²) in [6.45, 7) is -1.49. The van der Waals surface area contributed by atoms with Crippen molar-refractivity contribution in [2.45, 2.75) is 29.8 Å². The number of amides is 1. The summed E-state index contributed by atoms with van der Waals surface area (Å²) in [5.41, 5.74) is -0.0776. The van der Waals surface area contributed by atoms with Crippen molar-refractivity contribution in [1.29, 1.82) is 0 Å². The molecule has 8 nitrogen and oxygen atoms in total. The highest BCUT2D eigenvalue weighted by molar-refractivity contribution is 7.89. The monoisotopic (exact) mass is 421 g/mol. The molecule has 2 aromatic rings. The molecule has 1 aliphatic heterocycles. The Labute approximate surface area is 157 Å². The molecule has 2 heterocycles. The molecule has 1 N–H and O–H groups in total. The lowest BCUT2D eigenvalue weighted by atomic mass is 10.2. The van der Waals surface area contributed by atoms with Crippen molar-refractivity contribution >= 4 is 15.9 Å². The lowest BCUT2D eigenvalue weighted by molar-refractivity contribution is 0.0168. The molecule has 152 valence electrons. The first kappa shape index (κ1) is 20.2. The van der Waals surface area contributed by atoms with Gasteiger partial charge in [-0.15, -0.1) is 5.10 Å². The standard InChI is InChI=1S/C15H15F4N5O3S/c1-20-14(25)12-7-23(22-21-12)6-10-5-15(18,19)8-24(10)28(26,27)13-3-2-9(16)4-11(13)17/h2-4,7,10H,5-6,8H2,1H3,(H,20,25)/t10-/m0/s1. The predicted molar refractivity (Wildman–Crippen MR) is 87.0 cm³/mol. The fraction of sp³-hybridized carbons (Fsp3) is 0.400. The van der Waals surface area contributed by atoms with Gasteiger partial charge in [-0.2, -0.15) is 4.31 Å². The number of nitrogens with one attached hydrogen (secondary N) is 1. The average molecular weight is 421 g/mol. The van der Waals surface area contributed by atoms with Crippen LogP contribution in [0.2, 0.25) is 0 Å². The molecular formula is C15H15F4N5O3S. The molecule has 1 aromatic carbocycles. The van der Waals surface area contributed by atoms with Crippen LogP contribution in [0.1, 0.15) is 16.9 Å². The Balaban J connectivity index is 1.92. The Bertz CT molecular complexity index is 1010. The number of carbonyl (C=O) groups is 1. The zero-order valence-electron chi connectivity index (χ0n) is 14.4. The quantitative estimate of drug-likeness (QED) is 0.727. The average Bonchev–Trinajstić information content (AvgIpc) is 3.18. The van der Waals surface area contributed by atoms with Gasteiger partial charge in [0.15, 0.2) is 5.69 Å². The molecule has 0 saturated carbocycles. The summed E-state index contributed by atoms with van der Waals surface area (Å²) in [6.07, 6.45) is 0.350. The second kappa shape index (κ2) is 7.13. The highest BCUT2D eigenvalue weighted by Crippen LogP contribution is 2.37. The number of rotatable bonds is 5. The molecule has 0 bridgehead atoms. The molecule has 1 aliphatic rings. The molecule has 1 saturated heterocycles. The topological polar surface area (TPSA) is 97.2 Å². The van der Waals surface area contributed by atoms with Crippen LogP contribution in [-0.4, -0.2) is 59.2 Å². The molecule has 0 aliphatic carbocycles. The molecule has 3 rings (SSSR count). The third-order valence-corrected chi connectivity index (χ3v) is 6.14. The van der Waals surface area contributed by atoms with Gasteiger partial charge in [0, 0.05) is 19.5 Å². The van der Waals surface area contributed by atoms with Gasteiger partial charge in [0.1, 0.15) is 16.5 Å². The maximum absolute atomic E-state index is 14.0. The summed E-state index contributed by atoms with van der Waals surface area (Å²) in [6, 6.07) is 0.505. The van der Waals surface area contributed by atoms with Crippen molar-refractivity contribution in [3.05, 3.63) is 41.7 Å². The van der Waals surface area contributed by atoms with E-state index in [1.807, 2.05) is 0 Å². The first-order chi connectivity index (χ1) is 13.0. The first-order valence-corrected chi connectivity index (χ1v) is 9.44. The SMILES string of the molecule is CNC(=O)c1cn(C[C@@H]2CC(F)(F)CN2S(=O)(=O)c2ccc(F)cc2F)nn1. The Morgan fingerprint density at radius 2 is 2.07 bits per heavy atom. The number of sulfonamides is 1. The second-order valence-corrected chi connectivity index (χ2v) is 8.10. The van der Waals surface area contributed by atoms with Crippen molar-refractivity contribution in [3.8, 4) is 0 Å². The van der Waals surface area contributed by atoms with E-state index < -0.39 is 57.4 Å². The van der Waals surface area contributed by atoms with E-state index >= 15 is 0 Å². The van der Waals surface area contributed by atoms with E-state index in [-0.39, 0.29) is 12.2 Å². The van der Waals surface area contributed by atoms with Crippen molar-refractivity contribution in [2.24, 2.45) is 0 Å². The predicted octanol–water partition coefficient (Wildman–Crippen LogP) is 1.01. The highest BCUT2D eigenvalue weighted by atomic mass is 32.2. The number of halogens is 4. The van der Waals surface area contributed by atoms with Crippen LogP contribution in [0.25, 0.3) is 0 Å². The van der Waals surface area contributed by atoms with Crippen LogP contribution < -0.4 is 5.32 Å². The number of hydrogen-bond donors (Lipinski definition) is 1. The lowest BCUT2D eigenvalue weighted by Crippen LogP contribution is -2.39. The second-order valence-electron chi connectivity index (χ2n) is 6.24.